The number of hydrogen-bond donors (Lipinski definition) is 1. The molecular weight excluding hydrogens is 302 g/mol. The minimum atomic E-state index is 0.112. The van der Waals surface area contributed by atoms with E-state index in [4.69, 9.17) is 4.74 Å². The van der Waals surface area contributed by atoms with Crippen LogP contribution in [-0.2, 0) is 12.3 Å². The Morgan fingerprint density at radius 1 is 1.33 bits per heavy atom. The predicted octanol–water partition coefficient (Wildman–Crippen LogP) is 3.73. The minimum absolute atomic E-state index is 0.112. The highest BCUT2D eigenvalue weighted by Gasteiger charge is 2.10. The van der Waals surface area contributed by atoms with Gasteiger partial charge in [0.25, 0.3) is 0 Å². The van der Waals surface area contributed by atoms with Crippen molar-refractivity contribution in [3.8, 4) is 5.75 Å². The zero-order chi connectivity index (χ0) is 15.3. The van der Waals surface area contributed by atoms with Crippen LogP contribution >= 0.6 is 23.3 Å². The maximum atomic E-state index is 5.45. The summed E-state index contributed by atoms with van der Waals surface area (Å²) < 4.78 is 10.5. The summed E-state index contributed by atoms with van der Waals surface area (Å²) in [6.45, 7) is 7.36. The Morgan fingerprint density at radius 3 is 2.76 bits per heavy atom. The molecule has 0 fully saturated rings. The van der Waals surface area contributed by atoms with Gasteiger partial charge in [-0.2, -0.15) is 4.37 Å². The van der Waals surface area contributed by atoms with Gasteiger partial charge in [0.05, 0.1) is 7.11 Å². The number of nitrogens with one attached hydrogen (secondary N) is 1. The van der Waals surface area contributed by atoms with E-state index in [1.54, 1.807) is 25.2 Å². The molecule has 0 aliphatic carbocycles. The lowest BCUT2D eigenvalue weighted by Gasteiger charge is -2.21. The molecule has 6 heteroatoms. The Bertz CT molecular complexity index is 565. The fourth-order valence-electron chi connectivity index (χ4n) is 1.79. The second kappa shape index (κ2) is 7.24. The lowest BCUT2D eigenvalue weighted by molar-refractivity contribution is 0.409. The molecular formula is C15H21N3OS2. The van der Waals surface area contributed by atoms with Crippen LogP contribution in [0.25, 0.3) is 0 Å². The standard InChI is InChI=1S/C15H21N3OS2/c1-15(2,3)17-8-11-5-6-13(19-4)12(7-11)9-20-14-16-10-18-21-14/h5-7,10,17H,8-9H2,1-4H3. The highest BCUT2D eigenvalue weighted by Crippen LogP contribution is 2.29. The largest absolute Gasteiger partial charge is 0.496 e. The number of ether oxygens (including phenoxy) is 1. The van der Waals surface area contributed by atoms with Crippen molar-refractivity contribution in [3.63, 3.8) is 0 Å². The van der Waals surface area contributed by atoms with E-state index < -0.39 is 0 Å². The Labute approximate surface area is 134 Å². The summed E-state index contributed by atoms with van der Waals surface area (Å²) >= 11 is 3.11. The third-order valence-corrected chi connectivity index (χ3v) is 4.71. The topological polar surface area (TPSA) is 47.0 Å². The highest BCUT2D eigenvalue weighted by atomic mass is 32.2. The van der Waals surface area contributed by atoms with E-state index in [9.17, 15) is 0 Å². The van der Waals surface area contributed by atoms with E-state index >= 15 is 0 Å². The number of hydrogen-bond acceptors (Lipinski definition) is 6. The molecule has 0 aliphatic heterocycles. The number of thioether (sulfide) groups is 1. The first-order chi connectivity index (χ1) is 9.98. The number of aromatic nitrogens is 2. The Kier molecular flexibility index (Phi) is 5.61. The fraction of sp³-hybridized carbons (Fsp3) is 0.467. The molecule has 2 aromatic rings. The van der Waals surface area contributed by atoms with Gasteiger partial charge in [-0.3, -0.25) is 0 Å². The van der Waals surface area contributed by atoms with Crippen LogP contribution in [0.5, 0.6) is 5.75 Å². The average molecular weight is 323 g/mol. The molecule has 0 spiro atoms. The molecule has 0 aliphatic rings. The van der Waals surface area contributed by atoms with E-state index in [0.29, 0.717) is 0 Å². The predicted molar refractivity (Wildman–Crippen MR) is 89.1 cm³/mol. The van der Waals surface area contributed by atoms with Gasteiger partial charge in [0, 0.05) is 23.4 Å². The summed E-state index contributed by atoms with van der Waals surface area (Å²) in [5.74, 6) is 1.76. The lowest BCUT2D eigenvalue weighted by atomic mass is 10.1. The van der Waals surface area contributed by atoms with Gasteiger partial charge in [-0.15, -0.1) is 0 Å². The molecule has 1 aromatic carbocycles. The molecule has 0 unspecified atom stereocenters. The van der Waals surface area contributed by atoms with Crippen LogP contribution in [0, 0.1) is 0 Å². The maximum absolute atomic E-state index is 5.45. The number of rotatable bonds is 6. The summed E-state index contributed by atoms with van der Waals surface area (Å²) in [5, 5.41) is 3.50. The highest BCUT2D eigenvalue weighted by molar-refractivity contribution is 8.00. The van der Waals surface area contributed by atoms with Gasteiger partial charge >= 0.3 is 0 Å². The summed E-state index contributed by atoms with van der Waals surface area (Å²) in [7, 11) is 1.71. The molecule has 0 saturated heterocycles. The molecule has 0 saturated carbocycles. The molecule has 0 bridgehead atoms. The zero-order valence-electron chi connectivity index (χ0n) is 12.8. The van der Waals surface area contributed by atoms with E-state index in [0.717, 1.165) is 22.4 Å². The van der Waals surface area contributed by atoms with Crippen LogP contribution in [0.4, 0.5) is 0 Å². The van der Waals surface area contributed by atoms with Gasteiger partial charge < -0.3 is 10.1 Å². The smallest absolute Gasteiger partial charge is 0.170 e. The van der Waals surface area contributed by atoms with Gasteiger partial charge in [0.1, 0.15) is 12.1 Å². The van der Waals surface area contributed by atoms with Crippen molar-refractivity contribution in [1.82, 2.24) is 14.7 Å². The van der Waals surface area contributed by atoms with E-state index in [1.807, 2.05) is 6.07 Å². The van der Waals surface area contributed by atoms with Crippen molar-refractivity contribution in [2.75, 3.05) is 7.11 Å². The molecule has 2 rings (SSSR count). The fourth-order valence-corrected chi connectivity index (χ4v) is 3.21. The molecule has 1 heterocycles. The van der Waals surface area contributed by atoms with Gasteiger partial charge in [-0.25, -0.2) is 4.98 Å². The number of methoxy groups -OCH3 is 1. The van der Waals surface area contributed by atoms with Gasteiger partial charge in [-0.05, 0) is 50.0 Å². The molecule has 4 nitrogen and oxygen atoms in total. The summed E-state index contributed by atoms with van der Waals surface area (Å²) in [5.41, 5.74) is 2.56. The van der Waals surface area contributed by atoms with Crippen molar-refractivity contribution in [3.05, 3.63) is 35.7 Å². The van der Waals surface area contributed by atoms with Crippen molar-refractivity contribution >= 4 is 23.3 Å². The summed E-state index contributed by atoms with van der Waals surface area (Å²) in [4.78, 5) is 4.20. The first-order valence-corrected chi connectivity index (χ1v) is 8.54. The summed E-state index contributed by atoms with van der Waals surface area (Å²) in [6.07, 6.45) is 1.59. The maximum Gasteiger partial charge on any atom is 0.170 e. The monoisotopic (exact) mass is 323 g/mol. The first kappa shape index (κ1) is 16.3. The molecule has 0 radical (unpaired) electrons. The average Bonchev–Trinajstić information content (AvgIpc) is 2.95. The first-order valence-electron chi connectivity index (χ1n) is 6.78. The van der Waals surface area contributed by atoms with E-state index in [-0.39, 0.29) is 5.54 Å². The summed E-state index contributed by atoms with van der Waals surface area (Å²) in [6, 6.07) is 6.35. The quantitative estimate of drug-likeness (QED) is 0.821. The normalized spacial score (nSPS) is 11.6. The Morgan fingerprint density at radius 2 is 2.14 bits per heavy atom. The van der Waals surface area contributed by atoms with Crippen LogP contribution in [-0.4, -0.2) is 22.0 Å². The van der Waals surface area contributed by atoms with Crippen LogP contribution in [0.1, 0.15) is 31.9 Å². The van der Waals surface area contributed by atoms with Crippen LogP contribution in [0.15, 0.2) is 28.9 Å². The van der Waals surface area contributed by atoms with E-state index in [2.05, 4.69) is 47.6 Å². The zero-order valence-corrected chi connectivity index (χ0v) is 14.5. The van der Waals surface area contributed by atoms with Gasteiger partial charge in [0.15, 0.2) is 4.34 Å². The van der Waals surface area contributed by atoms with Crippen molar-refractivity contribution in [2.45, 2.75) is 42.9 Å². The lowest BCUT2D eigenvalue weighted by Crippen LogP contribution is -2.35. The number of nitrogens with zero attached hydrogens (tertiary/aromatic N) is 2. The van der Waals surface area contributed by atoms with Crippen molar-refractivity contribution in [2.24, 2.45) is 0 Å². The third-order valence-electron chi connectivity index (χ3n) is 2.86. The SMILES string of the molecule is COc1ccc(CNC(C)(C)C)cc1CSc1ncns1. The third kappa shape index (κ3) is 5.30. The number of benzene rings is 1. The Hall–Kier alpha value is -1.11. The molecule has 0 atom stereocenters. The molecule has 1 N–H and O–H groups in total. The molecule has 1 aromatic heterocycles. The molecule has 114 valence electrons. The van der Waals surface area contributed by atoms with Crippen molar-refractivity contribution in [1.29, 1.82) is 0 Å². The van der Waals surface area contributed by atoms with Crippen LogP contribution in [0.2, 0.25) is 0 Å². The van der Waals surface area contributed by atoms with Crippen molar-refractivity contribution < 1.29 is 4.74 Å². The van der Waals surface area contributed by atoms with Gasteiger partial charge in [0.2, 0.25) is 0 Å². The van der Waals surface area contributed by atoms with Gasteiger partial charge in [-0.1, -0.05) is 17.8 Å². The minimum Gasteiger partial charge on any atom is -0.496 e. The Balaban J connectivity index is 2.06. The molecule has 21 heavy (non-hydrogen) atoms. The van der Waals surface area contributed by atoms with Crippen LogP contribution in [0.3, 0.4) is 0 Å². The molecule has 0 amide bonds. The second-order valence-corrected chi connectivity index (χ2v) is 7.75. The second-order valence-electron chi connectivity index (χ2n) is 5.75. The van der Waals surface area contributed by atoms with E-state index in [1.165, 1.54) is 22.7 Å². The van der Waals surface area contributed by atoms with Crippen LogP contribution < -0.4 is 10.1 Å².